The van der Waals surface area contributed by atoms with E-state index >= 15 is 0 Å². The maximum Gasteiger partial charge on any atom is 0.159 e. The molecule has 2 aromatic rings. The molecule has 1 aromatic heterocycles. The van der Waals surface area contributed by atoms with Gasteiger partial charge in [-0.3, -0.25) is 0 Å². The summed E-state index contributed by atoms with van der Waals surface area (Å²) in [5.74, 6) is 0.0598. The summed E-state index contributed by atoms with van der Waals surface area (Å²) in [5, 5.41) is 0.949. The van der Waals surface area contributed by atoms with Gasteiger partial charge in [-0.05, 0) is 48.3 Å². The summed E-state index contributed by atoms with van der Waals surface area (Å²) in [5.41, 5.74) is 1.78. The molecule has 0 aliphatic heterocycles. The zero-order valence-electron chi connectivity index (χ0n) is 10.6. The monoisotopic (exact) mass is 329 g/mol. The van der Waals surface area contributed by atoms with Gasteiger partial charge in [0.1, 0.15) is 0 Å². The van der Waals surface area contributed by atoms with E-state index in [-0.39, 0.29) is 5.75 Å². The van der Waals surface area contributed by atoms with Crippen molar-refractivity contribution in [3.05, 3.63) is 34.4 Å². The molecule has 2 rings (SSSR count). The van der Waals surface area contributed by atoms with Gasteiger partial charge in [0.15, 0.2) is 9.84 Å². The number of H-pyrrole nitrogens is 1. The first-order valence-corrected chi connectivity index (χ1v) is 8.14. The highest BCUT2D eigenvalue weighted by atomic mass is 79.9. The van der Waals surface area contributed by atoms with E-state index in [1.165, 1.54) is 0 Å². The predicted octanol–water partition coefficient (Wildman–Crippen LogP) is 3.64. The van der Waals surface area contributed by atoms with Gasteiger partial charge in [-0.25, -0.2) is 8.42 Å². The standard InChI is InChI=1S/C13H16BrNO2S/c1-13(2,3)18(16,17)8-9-5-4-6-11-12(9)10(14)7-15-11/h4-7,15H,8H2,1-3H3. The summed E-state index contributed by atoms with van der Waals surface area (Å²) < 4.78 is 24.7. The van der Waals surface area contributed by atoms with Crippen LogP contribution >= 0.6 is 15.9 Å². The topological polar surface area (TPSA) is 49.9 Å². The number of hydrogen-bond donors (Lipinski definition) is 1. The fraction of sp³-hybridized carbons (Fsp3) is 0.385. The van der Waals surface area contributed by atoms with Gasteiger partial charge in [0.2, 0.25) is 0 Å². The first kappa shape index (κ1) is 13.6. The molecular formula is C13H16BrNO2S. The van der Waals surface area contributed by atoms with Gasteiger partial charge in [-0.15, -0.1) is 0 Å². The molecule has 0 aliphatic carbocycles. The quantitative estimate of drug-likeness (QED) is 0.914. The Morgan fingerprint density at radius 3 is 2.56 bits per heavy atom. The lowest BCUT2D eigenvalue weighted by Gasteiger charge is -2.19. The van der Waals surface area contributed by atoms with Crippen molar-refractivity contribution in [3.8, 4) is 0 Å². The molecule has 0 aliphatic rings. The SMILES string of the molecule is CC(C)(C)S(=O)(=O)Cc1cccc2[nH]cc(Br)c12. The second-order valence-electron chi connectivity index (χ2n) is 5.35. The van der Waals surface area contributed by atoms with Crippen LogP contribution in [0.3, 0.4) is 0 Å². The van der Waals surface area contributed by atoms with Gasteiger partial charge >= 0.3 is 0 Å². The molecule has 98 valence electrons. The number of aromatic nitrogens is 1. The van der Waals surface area contributed by atoms with Gasteiger partial charge < -0.3 is 4.98 Å². The zero-order chi connectivity index (χ0) is 13.6. The first-order chi connectivity index (χ1) is 8.22. The average molecular weight is 330 g/mol. The number of sulfone groups is 1. The fourth-order valence-corrected chi connectivity index (χ4v) is 3.42. The number of rotatable bonds is 2. The summed E-state index contributed by atoms with van der Waals surface area (Å²) in [7, 11) is -3.17. The minimum Gasteiger partial charge on any atom is -0.360 e. The highest BCUT2D eigenvalue weighted by Crippen LogP contribution is 2.30. The van der Waals surface area contributed by atoms with Crippen LogP contribution in [0.15, 0.2) is 28.9 Å². The van der Waals surface area contributed by atoms with Crippen molar-refractivity contribution < 1.29 is 8.42 Å². The highest BCUT2D eigenvalue weighted by Gasteiger charge is 2.29. The third kappa shape index (κ3) is 2.34. The Kier molecular flexibility index (Phi) is 3.32. The van der Waals surface area contributed by atoms with E-state index in [0.29, 0.717) is 0 Å². The molecule has 0 unspecified atom stereocenters. The molecular weight excluding hydrogens is 314 g/mol. The van der Waals surface area contributed by atoms with Crippen molar-refractivity contribution in [2.75, 3.05) is 0 Å². The minimum absolute atomic E-state index is 0.0598. The molecule has 0 radical (unpaired) electrons. The number of aromatic amines is 1. The van der Waals surface area contributed by atoms with Crippen molar-refractivity contribution in [2.24, 2.45) is 0 Å². The zero-order valence-corrected chi connectivity index (χ0v) is 13.0. The van der Waals surface area contributed by atoms with Crippen LogP contribution in [0.5, 0.6) is 0 Å². The van der Waals surface area contributed by atoms with E-state index < -0.39 is 14.6 Å². The van der Waals surface area contributed by atoms with E-state index in [2.05, 4.69) is 20.9 Å². The Morgan fingerprint density at radius 2 is 1.94 bits per heavy atom. The largest absolute Gasteiger partial charge is 0.360 e. The van der Waals surface area contributed by atoms with E-state index in [4.69, 9.17) is 0 Å². The van der Waals surface area contributed by atoms with Gasteiger partial charge in [-0.1, -0.05) is 12.1 Å². The van der Waals surface area contributed by atoms with Gasteiger partial charge in [0, 0.05) is 21.6 Å². The molecule has 0 saturated heterocycles. The molecule has 0 bridgehead atoms. The lowest BCUT2D eigenvalue weighted by atomic mass is 10.1. The first-order valence-electron chi connectivity index (χ1n) is 5.69. The normalized spacial score (nSPS) is 13.1. The highest BCUT2D eigenvalue weighted by molar-refractivity contribution is 9.10. The van der Waals surface area contributed by atoms with E-state index in [0.717, 1.165) is 20.9 Å². The van der Waals surface area contributed by atoms with E-state index in [9.17, 15) is 8.42 Å². The van der Waals surface area contributed by atoms with Crippen molar-refractivity contribution in [1.82, 2.24) is 4.98 Å². The lowest BCUT2D eigenvalue weighted by Crippen LogP contribution is -2.29. The van der Waals surface area contributed by atoms with E-state index in [1.807, 2.05) is 24.4 Å². The van der Waals surface area contributed by atoms with Gasteiger partial charge in [0.25, 0.3) is 0 Å². The third-order valence-electron chi connectivity index (χ3n) is 3.02. The molecule has 0 amide bonds. The summed E-state index contributed by atoms with van der Waals surface area (Å²) in [6.07, 6.45) is 1.83. The Bertz CT molecular complexity index is 681. The average Bonchev–Trinajstić information content (AvgIpc) is 2.59. The Labute approximate surface area is 116 Å². The lowest BCUT2D eigenvalue weighted by molar-refractivity contribution is 0.559. The number of halogens is 1. The predicted molar refractivity (Wildman–Crippen MR) is 78.4 cm³/mol. The van der Waals surface area contributed by atoms with Crippen LogP contribution < -0.4 is 0 Å². The molecule has 0 fully saturated rings. The Balaban J connectivity index is 2.54. The van der Waals surface area contributed by atoms with Crippen molar-refractivity contribution in [3.63, 3.8) is 0 Å². The van der Waals surface area contributed by atoms with Crippen LogP contribution in [-0.2, 0) is 15.6 Å². The van der Waals surface area contributed by atoms with Crippen LogP contribution in [0.1, 0.15) is 26.3 Å². The second-order valence-corrected chi connectivity index (χ2v) is 8.95. The van der Waals surface area contributed by atoms with Crippen LogP contribution in [0, 0.1) is 0 Å². The van der Waals surface area contributed by atoms with Gasteiger partial charge in [0.05, 0.1) is 10.5 Å². The maximum absolute atomic E-state index is 12.3. The summed E-state index contributed by atoms with van der Waals surface area (Å²) in [6.45, 7) is 5.19. The van der Waals surface area contributed by atoms with Crippen LogP contribution in [0.25, 0.3) is 10.9 Å². The maximum atomic E-state index is 12.3. The Hall–Kier alpha value is -0.810. The molecule has 1 N–H and O–H groups in total. The molecule has 18 heavy (non-hydrogen) atoms. The van der Waals surface area contributed by atoms with E-state index in [1.54, 1.807) is 20.8 Å². The third-order valence-corrected chi connectivity index (χ3v) is 6.20. The molecule has 0 saturated carbocycles. The molecule has 5 heteroatoms. The van der Waals surface area contributed by atoms with Crippen LogP contribution in [0.4, 0.5) is 0 Å². The van der Waals surface area contributed by atoms with Crippen LogP contribution in [-0.4, -0.2) is 18.1 Å². The smallest absolute Gasteiger partial charge is 0.159 e. The Morgan fingerprint density at radius 1 is 1.28 bits per heavy atom. The van der Waals surface area contributed by atoms with Crippen molar-refractivity contribution >= 4 is 36.7 Å². The molecule has 0 atom stereocenters. The molecule has 0 spiro atoms. The summed E-state index contributed by atoms with van der Waals surface area (Å²) in [6, 6.07) is 5.68. The van der Waals surface area contributed by atoms with Crippen LogP contribution in [0.2, 0.25) is 0 Å². The number of fused-ring (bicyclic) bond motifs is 1. The second kappa shape index (κ2) is 4.38. The molecule has 1 heterocycles. The summed E-state index contributed by atoms with van der Waals surface area (Å²) >= 11 is 3.45. The van der Waals surface area contributed by atoms with Crippen molar-refractivity contribution in [1.29, 1.82) is 0 Å². The number of benzene rings is 1. The molecule has 3 nitrogen and oxygen atoms in total. The molecule has 1 aromatic carbocycles. The summed E-state index contributed by atoms with van der Waals surface area (Å²) in [4.78, 5) is 3.11. The number of nitrogens with one attached hydrogen (secondary N) is 1. The van der Waals surface area contributed by atoms with Crippen molar-refractivity contribution in [2.45, 2.75) is 31.3 Å². The van der Waals surface area contributed by atoms with Gasteiger partial charge in [-0.2, -0.15) is 0 Å². The number of hydrogen-bond acceptors (Lipinski definition) is 2. The minimum atomic E-state index is -3.17. The fourth-order valence-electron chi connectivity index (χ4n) is 1.76.